The molecule has 0 bridgehead atoms. The fraction of sp³-hybridized carbons (Fsp3) is 0.0667. The summed E-state index contributed by atoms with van der Waals surface area (Å²) in [6, 6.07) is 9.05. The molecule has 2 N–H and O–H groups in total. The molecule has 104 valence electrons. The SMILES string of the molecule is Cc1cc(F)c(-n2c(N)nc3c(C#N)cccc32)cc1F. The lowest BCUT2D eigenvalue weighted by molar-refractivity contribution is 0.587. The topological polar surface area (TPSA) is 67.6 Å². The van der Waals surface area contributed by atoms with Gasteiger partial charge in [-0.25, -0.2) is 13.8 Å². The number of anilines is 1. The highest BCUT2D eigenvalue weighted by Gasteiger charge is 2.17. The minimum absolute atomic E-state index is 0.00477. The lowest BCUT2D eigenvalue weighted by Gasteiger charge is -2.09. The summed E-state index contributed by atoms with van der Waals surface area (Å²) in [6.07, 6.45) is 0. The minimum atomic E-state index is -0.609. The van der Waals surface area contributed by atoms with Crippen molar-refractivity contribution in [2.75, 3.05) is 5.73 Å². The van der Waals surface area contributed by atoms with Gasteiger partial charge in [0.1, 0.15) is 23.2 Å². The van der Waals surface area contributed by atoms with Gasteiger partial charge in [0.05, 0.1) is 16.8 Å². The fourth-order valence-electron chi connectivity index (χ4n) is 2.27. The normalized spacial score (nSPS) is 10.8. The van der Waals surface area contributed by atoms with Gasteiger partial charge in [-0.15, -0.1) is 0 Å². The van der Waals surface area contributed by atoms with Crippen LogP contribution in [0.1, 0.15) is 11.1 Å². The number of aromatic nitrogens is 2. The molecule has 4 nitrogen and oxygen atoms in total. The van der Waals surface area contributed by atoms with Crippen molar-refractivity contribution in [3.8, 4) is 11.8 Å². The number of aryl methyl sites for hydroxylation is 1. The third-order valence-corrected chi connectivity index (χ3v) is 3.30. The fourth-order valence-corrected chi connectivity index (χ4v) is 2.27. The summed E-state index contributed by atoms with van der Waals surface area (Å²) in [7, 11) is 0. The van der Waals surface area contributed by atoms with E-state index in [4.69, 9.17) is 11.0 Å². The van der Waals surface area contributed by atoms with Crippen molar-refractivity contribution in [3.63, 3.8) is 0 Å². The molecule has 0 atom stereocenters. The van der Waals surface area contributed by atoms with E-state index < -0.39 is 11.6 Å². The zero-order chi connectivity index (χ0) is 15.1. The van der Waals surface area contributed by atoms with Gasteiger partial charge in [0, 0.05) is 6.07 Å². The van der Waals surface area contributed by atoms with E-state index in [0.717, 1.165) is 12.1 Å². The van der Waals surface area contributed by atoms with Gasteiger partial charge >= 0.3 is 0 Å². The number of para-hydroxylation sites is 1. The summed E-state index contributed by atoms with van der Waals surface area (Å²) >= 11 is 0. The standard InChI is InChI=1S/C15H10F2N4/c1-8-5-11(17)13(6-10(8)16)21-12-4-2-3-9(7-18)14(12)20-15(21)19/h2-6H,1H3,(H2,19,20). The molecule has 3 aromatic rings. The Balaban J connectivity index is 2.39. The molecule has 0 aliphatic rings. The molecular formula is C15H10F2N4. The van der Waals surface area contributed by atoms with Gasteiger partial charge < -0.3 is 5.73 Å². The Morgan fingerprint density at radius 1 is 1.24 bits per heavy atom. The first kappa shape index (κ1) is 13.1. The predicted molar refractivity (Wildman–Crippen MR) is 74.9 cm³/mol. The van der Waals surface area contributed by atoms with E-state index in [0.29, 0.717) is 16.6 Å². The van der Waals surface area contributed by atoms with Crippen LogP contribution in [0.2, 0.25) is 0 Å². The highest BCUT2D eigenvalue weighted by Crippen LogP contribution is 2.27. The van der Waals surface area contributed by atoms with Crippen molar-refractivity contribution in [1.29, 1.82) is 5.26 Å². The Morgan fingerprint density at radius 3 is 2.71 bits per heavy atom. The number of halogens is 2. The Bertz CT molecular complexity index is 906. The molecule has 0 fully saturated rings. The van der Waals surface area contributed by atoms with Gasteiger partial charge in [-0.3, -0.25) is 4.57 Å². The van der Waals surface area contributed by atoms with Crippen LogP contribution in [0.4, 0.5) is 14.7 Å². The first-order valence-corrected chi connectivity index (χ1v) is 6.16. The Hall–Kier alpha value is -2.94. The maximum absolute atomic E-state index is 14.1. The number of nitrogens with zero attached hydrogens (tertiary/aromatic N) is 3. The van der Waals surface area contributed by atoms with Crippen LogP contribution in [0.15, 0.2) is 30.3 Å². The second kappa shape index (κ2) is 4.56. The summed E-state index contributed by atoms with van der Waals surface area (Å²) in [5.41, 5.74) is 7.13. The van der Waals surface area contributed by atoms with Crippen LogP contribution < -0.4 is 5.73 Å². The third-order valence-electron chi connectivity index (χ3n) is 3.30. The minimum Gasteiger partial charge on any atom is -0.369 e. The number of fused-ring (bicyclic) bond motifs is 1. The van der Waals surface area contributed by atoms with Gasteiger partial charge in [0.2, 0.25) is 5.95 Å². The average molecular weight is 284 g/mol. The Kier molecular flexibility index (Phi) is 2.84. The number of nitrogen functional groups attached to an aromatic ring is 1. The number of benzene rings is 2. The molecule has 0 aliphatic heterocycles. The highest BCUT2D eigenvalue weighted by molar-refractivity contribution is 5.85. The van der Waals surface area contributed by atoms with Crippen molar-refractivity contribution in [2.45, 2.75) is 6.92 Å². The molecule has 0 radical (unpaired) electrons. The molecule has 0 aliphatic carbocycles. The molecule has 0 saturated heterocycles. The second-order valence-electron chi connectivity index (χ2n) is 4.64. The molecule has 0 saturated carbocycles. The Morgan fingerprint density at radius 2 is 2.00 bits per heavy atom. The van der Waals surface area contributed by atoms with Gasteiger partial charge in [-0.2, -0.15) is 5.26 Å². The lowest BCUT2D eigenvalue weighted by atomic mass is 10.2. The first-order chi connectivity index (χ1) is 10.0. The van der Waals surface area contributed by atoms with Crippen LogP contribution in [0, 0.1) is 29.9 Å². The van der Waals surface area contributed by atoms with Gasteiger partial charge in [0.15, 0.2) is 0 Å². The lowest BCUT2D eigenvalue weighted by Crippen LogP contribution is -2.04. The van der Waals surface area contributed by atoms with E-state index in [9.17, 15) is 8.78 Å². The molecule has 0 unspecified atom stereocenters. The van der Waals surface area contributed by atoms with E-state index >= 15 is 0 Å². The molecule has 1 aromatic heterocycles. The summed E-state index contributed by atoms with van der Waals surface area (Å²) in [6.45, 7) is 1.48. The van der Waals surface area contributed by atoms with E-state index in [1.165, 1.54) is 11.5 Å². The summed E-state index contributed by atoms with van der Waals surface area (Å²) in [4.78, 5) is 4.08. The summed E-state index contributed by atoms with van der Waals surface area (Å²) < 4.78 is 29.2. The predicted octanol–water partition coefficient (Wildman–Crippen LogP) is 3.07. The van der Waals surface area contributed by atoms with E-state index in [1.54, 1.807) is 18.2 Å². The maximum atomic E-state index is 14.1. The molecule has 21 heavy (non-hydrogen) atoms. The second-order valence-corrected chi connectivity index (χ2v) is 4.64. The van der Waals surface area contributed by atoms with Crippen LogP contribution in [0.25, 0.3) is 16.7 Å². The van der Waals surface area contributed by atoms with Gasteiger partial charge in [0.25, 0.3) is 0 Å². The van der Waals surface area contributed by atoms with Crippen molar-refractivity contribution >= 4 is 17.0 Å². The summed E-state index contributed by atoms with van der Waals surface area (Å²) in [5, 5.41) is 9.07. The first-order valence-electron chi connectivity index (χ1n) is 6.16. The Labute approximate surface area is 119 Å². The maximum Gasteiger partial charge on any atom is 0.206 e. The molecule has 2 aromatic carbocycles. The van der Waals surface area contributed by atoms with Crippen molar-refractivity contribution in [3.05, 3.63) is 53.1 Å². The van der Waals surface area contributed by atoms with Crippen LogP contribution >= 0.6 is 0 Å². The van der Waals surface area contributed by atoms with E-state index in [-0.39, 0.29) is 17.2 Å². The van der Waals surface area contributed by atoms with Crippen LogP contribution in [-0.2, 0) is 0 Å². The number of hydrogen-bond donors (Lipinski definition) is 1. The van der Waals surface area contributed by atoms with Crippen molar-refractivity contribution < 1.29 is 8.78 Å². The van der Waals surface area contributed by atoms with Gasteiger partial charge in [-0.1, -0.05) is 6.07 Å². The molecular weight excluding hydrogens is 274 g/mol. The zero-order valence-electron chi connectivity index (χ0n) is 11.1. The molecule has 0 amide bonds. The molecule has 1 heterocycles. The van der Waals surface area contributed by atoms with Crippen LogP contribution in [0.3, 0.4) is 0 Å². The van der Waals surface area contributed by atoms with Gasteiger partial charge in [-0.05, 0) is 30.7 Å². The van der Waals surface area contributed by atoms with E-state index in [1.807, 2.05) is 6.07 Å². The largest absolute Gasteiger partial charge is 0.369 e. The number of imidazole rings is 1. The number of hydrogen-bond acceptors (Lipinski definition) is 3. The van der Waals surface area contributed by atoms with Crippen molar-refractivity contribution in [1.82, 2.24) is 9.55 Å². The number of nitriles is 1. The quantitative estimate of drug-likeness (QED) is 0.746. The summed E-state index contributed by atoms with van der Waals surface area (Å²) in [5.74, 6) is -1.15. The molecule has 6 heteroatoms. The van der Waals surface area contributed by atoms with Crippen molar-refractivity contribution in [2.24, 2.45) is 0 Å². The number of rotatable bonds is 1. The van der Waals surface area contributed by atoms with E-state index in [2.05, 4.69) is 4.98 Å². The highest BCUT2D eigenvalue weighted by atomic mass is 19.1. The molecule has 0 spiro atoms. The van der Waals surface area contributed by atoms with Crippen LogP contribution in [0.5, 0.6) is 0 Å². The van der Waals surface area contributed by atoms with Crippen LogP contribution in [-0.4, -0.2) is 9.55 Å². The zero-order valence-corrected chi connectivity index (χ0v) is 11.1. The smallest absolute Gasteiger partial charge is 0.206 e. The molecule has 3 rings (SSSR count). The average Bonchev–Trinajstić information content (AvgIpc) is 2.79. The third kappa shape index (κ3) is 1.91. The monoisotopic (exact) mass is 284 g/mol. The number of nitrogens with two attached hydrogens (primary N) is 1.